The minimum absolute atomic E-state index is 0.128. The highest BCUT2D eigenvalue weighted by atomic mass is 35.5. The second-order valence-corrected chi connectivity index (χ2v) is 8.83. The van der Waals surface area contributed by atoms with Gasteiger partial charge in [-0.2, -0.15) is 0 Å². The zero-order valence-electron chi connectivity index (χ0n) is 18.1. The Balaban J connectivity index is 1.34. The van der Waals surface area contributed by atoms with Gasteiger partial charge < -0.3 is 10.1 Å². The van der Waals surface area contributed by atoms with E-state index in [9.17, 15) is 4.79 Å². The zero-order valence-corrected chi connectivity index (χ0v) is 18.8. The summed E-state index contributed by atoms with van der Waals surface area (Å²) in [5, 5.41) is 3.91. The summed E-state index contributed by atoms with van der Waals surface area (Å²) in [6.45, 7) is 7.58. The van der Waals surface area contributed by atoms with Crippen molar-refractivity contribution in [2.75, 3.05) is 19.6 Å². The Morgan fingerprint density at radius 3 is 2.60 bits per heavy atom. The van der Waals surface area contributed by atoms with Crippen molar-refractivity contribution in [1.82, 2.24) is 10.2 Å². The molecule has 1 fully saturated rings. The van der Waals surface area contributed by atoms with E-state index < -0.39 is 0 Å². The molecule has 0 spiro atoms. The Kier molecular flexibility index (Phi) is 8.59. The number of halogens is 1. The summed E-state index contributed by atoms with van der Waals surface area (Å²) in [7, 11) is 0. The number of carbonyl (C=O) groups is 1. The first kappa shape index (κ1) is 22.6. The third kappa shape index (κ3) is 7.33. The minimum Gasteiger partial charge on any atom is -0.491 e. The van der Waals surface area contributed by atoms with Crippen molar-refractivity contribution in [3.8, 4) is 5.75 Å². The van der Waals surface area contributed by atoms with E-state index >= 15 is 0 Å². The van der Waals surface area contributed by atoms with Crippen molar-refractivity contribution in [3.05, 3.63) is 64.7 Å². The van der Waals surface area contributed by atoms with E-state index in [1.807, 2.05) is 44.2 Å². The van der Waals surface area contributed by atoms with E-state index in [0.29, 0.717) is 0 Å². The van der Waals surface area contributed by atoms with E-state index in [0.717, 1.165) is 62.6 Å². The average molecular weight is 429 g/mol. The van der Waals surface area contributed by atoms with Gasteiger partial charge in [0.2, 0.25) is 5.91 Å². The van der Waals surface area contributed by atoms with Gasteiger partial charge in [0, 0.05) is 24.0 Å². The number of piperidine rings is 1. The van der Waals surface area contributed by atoms with Crippen molar-refractivity contribution >= 4 is 17.5 Å². The fraction of sp³-hybridized carbons (Fsp3) is 0.480. The largest absolute Gasteiger partial charge is 0.491 e. The summed E-state index contributed by atoms with van der Waals surface area (Å²) in [6.07, 6.45) is 3.89. The fourth-order valence-electron chi connectivity index (χ4n) is 3.94. The lowest BCUT2D eigenvalue weighted by Crippen LogP contribution is -2.40. The molecule has 2 aromatic carbocycles. The third-order valence-electron chi connectivity index (χ3n) is 5.47. The Morgan fingerprint density at radius 1 is 1.13 bits per heavy atom. The third-order valence-corrected chi connectivity index (χ3v) is 5.70. The van der Waals surface area contributed by atoms with Gasteiger partial charge >= 0.3 is 0 Å². The molecule has 0 radical (unpaired) electrons. The smallest absolute Gasteiger partial charge is 0.223 e. The molecule has 1 aliphatic heterocycles. The molecule has 0 saturated carbocycles. The maximum absolute atomic E-state index is 12.5. The van der Waals surface area contributed by atoms with Crippen LogP contribution >= 0.6 is 11.6 Å². The normalized spacial score (nSPS) is 15.3. The van der Waals surface area contributed by atoms with Gasteiger partial charge in [-0.05, 0) is 88.0 Å². The Bertz CT molecular complexity index is 816. The monoisotopic (exact) mass is 428 g/mol. The van der Waals surface area contributed by atoms with Crippen LogP contribution in [0.15, 0.2) is 48.5 Å². The second kappa shape index (κ2) is 11.4. The number of carbonyl (C=O) groups excluding carboxylic acids is 1. The first-order valence-electron chi connectivity index (χ1n) is 11.0. The van der Waals surface area contributed by atoms with E-state index in [4.69, 9.17) is 16.3 Å². The molecular weight excluding hydrogens is 396 g/mol. The summed E-state index contributed by atoms with van der Waals surface area (Å²) < 4.78 is 5.75. The van der Waals surface area contributed by atoms with Gasteiger partial charge in [-0.1, -0.05) is 35.9 Å². The van der Waals surface area contributed by atoms with Crippen LogP contribution in [0.1, 0.15) is 44.2 Å². The predicted octanol–water partition coefficient (Wildman–Crippen LogP) is 5.09. The van der Waals surface area contributed by atoms with Crippen LogP contribution in [0.25, 0.3) is 0 Å². The van der Waals surface area contributed by atoms with Crippen molar-refractivity contribution in [2.24, 2.45) is 5.92 Å². The van der Waals surface area contributed by atoms with Crippen LogP contribution in [0.4, 0.5) is 0 Å². The summed E-state index contributed by atoms with van der Waals surface area (Å²) in [5.74, 6) is 1.24. The molecule has 162 valence electrons. The molecule has 2 aromatic rings. The number of ether oxygens (including phenoxy) is 1. The number of hydrogen-bond donors (Lipinski definition) is 1. The number of likely N-dealkylation sites (tertiary alicyclic amines) is 1. The van der Waals surface area contributed by atoms with Gasteiger partial charge in [0.15, 0.2) is 0 Å². The highest BCUT2D eigenvalue weighted by Crippen LogP contribution is 2.21. The molecule has 0 aromatic heterocycles. The molecule has 1 heterocycles. The summed E-state index contributed by atoms with van der Waals surface area (Å²) in [4.78, 5) is 14.9. The molecule has 4 nitrogen and oxygen atoms in total. The lowest BCUT2D eigenvalue weighted by atomic mass is 9.95. The maximum atomic E-state index is 12.5. The number of aryl methyl sites for hydroxylation is 1. The molecule has 1 aliphatic rings. The molecular formula is C25H33ClN2O2. The van der Waals surface area contributed by atoms with Crippen molar-refractivity contribution in [2.45, 2.75) is 52.2 Å². The van der Waals surface area contributed by atoms with Crippen molar-refractivity contribution < 1.29 is 9.53 Å². The quantitative estimate of drug-likeness (QED) is 0.565. The van der Waals surface area contributed by atoms with Crippen LogP contribution in [0.2, 0.25) is 5.02 Å². The number of nitrogens with zero attached hydrogens (tertiary/aromatic N) is 1. The molecule has 0 atom stereocenters. The molecule has 0 bridgehead atoms. The van der Waals surface area contributed by atoms with E-state index in [-0.39, 0.29) is 17.9 Å². The number of amides is 1. The van der Waals surface area contributed by atoms with Crippen LogP contribution in [0.5, 0.6) is 5.75 Å². The average Bonchev–Trinajstić information content (AvgIpc) is 2.71. The molecule has 5 heteroatoms. The molecule has 0 unspecified atom stereocenters. The Labute approximate surface area is 185 Å². The maximum Gasteiger partial charge on any atom is 0.223 e. The SMILES string of the molecule is CC(C)Oc1cccc(CCCNC(=O)C2CCN(Cc3cccc(Cl)c3)CC2)c1. The first-order valence-corrected chi connectivity index (χ1v) is 11.4. The Hall–Kier alpha value is -2.04. The molecule has 1 N–H and O–H groups in total. The molecule has 1 saturated heterocycles. The van der Waals surface area contributed by atoms with Crippen LogP contribution in [0, 0.1) is 5.92 Å². The van der Waals surface area contributed by atoms with Crippen LogP contribution in [-0.2, 0) is 17.8 Å². The van der Waals surface area contributed by atoms with Crippen LogP contribution in [-0.4, -0.2) is 36.5 Å². The molecule has 3 rings (SSSR count). The number of nitrogens with one attached hydrogen (secondary N) is 1. The van der Waals surface area contributed by atoms with E-state index in [1.165, 1.54) is 11.1 Å². The lowest BCUT2D eigenvalue weighted by Gasteiger charge is -2.31. The van der Waals surface area contributed by atoms with Gasteiger partial charge in [0.05, 0.1) is 6.10 Å². The second-order valence-electron chi connectivity index (χ2n) is 8.39. The zero-order chi connectivity index (χ0) is 21.3. The van der Waals surface area contributed by atoms with Crippen LogP contribution < -0.4 is 10.1 Å². The van der Waals surface area contributed by atoms with Crippen molar-refractivity contribution in [1.29, 1.82) is 0 Å². The minimum atomic E-state index is 0.128. The summed E-state index contributed by atoms with van der Waals surface area (Å²) in [6, 6.07) is 16.2. The van der Waals surface area contributed by atoms with E-state index in [2.05, 4.69) is 28.4 Å². The summed E-state index contributed by atoms with van der Waals surface area (Å²) in [5.41, 5.74) is 2.48. The standard InChI is InChI=1S/C25H33ClN2O2/c1-19(2)30-24-10-4-6-20(17-24)8-5-13-27-25(29)22-11-14-28(15-12-22)18-21-7-3-9-23(26)16-21/h3-4,6-7,9-10,16-17,19,22H,5,8,11-15,18H2,1-2H3,(H,27,29). The van der Waals surface area contributed by atoms with Crippen molar-refractivity contribution in [3.63, 3.8) is 0 Å². The highest BCUT2D eigenvalue weighted by molar-refractivity contribution is 6.30. The Morgan fingerprint density at radius 2 is 1.87 bits per heavy atom. The number of rotatable bonds is 9. The lowest BCUT2D eigenvalue weighted by molar-refractivity contribution is -0.126. The molecule has 1 amide bonds. The van der Waals surface area contributed by atoms with Gasteiger partial charge in [-0.25, -0.2) is 0 Å². The molecule has 30 heavy (non-hydrogen) atoms. The highest BCUT2D eigenvalue weighted by Gasteiger charge is 2.24. The molecule has 0 aliphatic carbocycles. The van der Waals surface area contributed by atoms with Gasteiger partial charge in [-0.3, -0.25) is 9.69 Å². The first-order chi connectivity index (χ1) is 14.5. The van der Waals surface area contributed by atoms with Gasteiger partial charge in [-0.15, -0.1) is 0 Å². The van der Waals surface area contributed by atoms with Crippen LogP contribution in [0.3, 0.4) is 0 Å². The number of benzene rings is 2. The fourth-order valence-corrected chi connectivity index (χ4v) is 4.15. The van der Waals surface area contributed by atoms with Gasteiger partial charge in [0.25, 0.3) is 0 Å². The van der Waals surface area contributed by atoms with Gasteiger partial charge in [0.1, 0.15) is 5.75 Å². The van der Waals surface area contributed by atoms with E-state index in [1.54, 1.807) is 0 Å². The topological polar surface area (TPSA) is 41.6 Å². The summed E-state index contributed by atoms with van der Waals surface area (Å²) >= 11 is 6.08. The number of hydrogen-bond acceptors (Lipinski definition) is 3. The predicted molar refractivity (Wildman–Crippen MR) is 123 cm³/mol.